The van der Waals surface area contributed by atoms with Gasteiger partial charge in [-0.3, -0.25) is 14.5 Å². The number of hydrogen-bond acceptors (Lipinski definition) is 8. The summed E-state index contributed by atoms with van der Waals surface area (Å²) in [6, 6.07) is 5.47. The highest BCUT2D eigenvalue weighted by Gasteiger charge is 2.20. The molecule has 0 saturated carbocycles. The Labute approximate surface area is 252 Å². The van der Waals surface area contributed by atoms with E-state index >= 15 is 0 Å². The van der Waals surface area contributed by atoms with Gasteiger partial charge in [-0.2, -0.15) is 15.3 Å². The number of carboxylic acid groups (broad SMARTS) is 1. The molecule has 12 nitrogen and oxygen atoms in total. The molecule has 0 bridgehead atoms. The smallest absolute Gasteiger partial charge is 0.359 e. The van der Waals surface area contributed by atoms with Crippen molar-refractivity contribution in [3.8, 4) is 0 Å². The van der Waals surface area contributed by atoms with E-state index in [9.17, 15) is 40.7 Å². The number of fused-ring (bicyclic) bond motifs is 3. The number of H-pyrrole nitrogens is 1. The van der Waals surface area contributed by atoms with Crippen LogP contribution in [0.2, 0.25) is 0 Å². The highest BCUT2D eigenvalue weighted by atomic mass is 19.2. The number of benzene rings is 3. The number of aromatic carboxylic acids is 1. The molecule has 0 atom stereocenters. The lowest BCUT2D eigenvalue weighted by Crippen LogP contribution is -2.08. The first-order valence-electron chi connectivity index (χ1n) is 12.5. The van der Waals surface area contributed by atoms with Crippen LogP contribution in [0.15, 0.2) is 36.4 Å². The molecular weight excluding hydrogens is 630 g/mol. The molecule has 3 aromatic carbocycles. The maximum absolute atomic E-state index is 13.0. The third kappa shape index (κ3) is 6.30. The zero-order valence-corrected chi connectivity index (χ0v) is 24.0. The molecule has 0 aliphatic carbocycles. The van der Waals surface area contributed by atoms with Gasteiger partial charge in [-0.15, -0.1) is 0 Å². The summed E-state index contributed by atoms with van der Waals surface area (Å²) in [4.78, 5) is 33.3. The summed E-state index contributed by atoms with van der Waals surface area (Å²) in [5.74, 6) is -8.78. The molecule has 3 aromatic heterocycles. The Hall–Kier alpha value is -5.94. The fraction of sp³-hybridized carbons (Fsp3) is 0.143. The summed E-state index contributed by atoms with van der Waals surface area (Å²) < 4.78 is 89.0. The van der Waals surface area contributed by atoms with Gasteiger partial charge in [-0.25, -0.2) is 40.7 Å². The van der Waals surface area contributed by atoms with Crippen LogP contribution in [-0.2, 0) is 23.6 Å². The van der Waals surface area contributed by atoms with Crippen molar-refractivity contribution in [3.05, 3.63) is 88.4 Å². The van der Waals surface area contributed by atoms with Gasteiger partial charge in [0.05, 0.1) is 30.8 Å². The van der Waals surface area contributed by atoms with Crippen molar-refractivity contribution in [3.63, 3.8) is 0 Å². The largest absolute Gasteiger partial charge is 0.476 e. The molecule has 6 rings (SSSR count). The van der Waals surface area contributed by atoms with Gasteiger partial charge in [0.25, 0.3) is 0 Å². The van der Waals surface area contributed by atoms with Crippen molar-refractivity contribution < 1.29 is 55.3 Å². The molecular formula is C28H20F6N6O6. The fourth-order valence-electron chi connectivity index (χ4n) is 4.21. The second-order valence-electron chi connectivity index (χ2n) is 9.18. The van der Waals surface area contributed by atoms with Crippen molar-refractivity contribution in [1.29, 1.82) is 0 Å². The average Bonchev–Trinajstić information content (AvgIpc) is 3.66. The van der Waals surface area contributed by atoms with Crippen LogP contribution in [0.5, 0.6) is 0 Å². The van der Waals surface area contributed by atoms with Crippen molar-refractivity contribution in [1.82, 2.24) is 29.8 Å². The van der Waals surface area contributed by atoms with Crippen molar-refractivity contribution in [2.75, 3.05) is 14.2 Å². The van der Waals surface area contributed by atoms with Crippen molar-refractivity contribution >= 4 is 50.6 Å². The molecule has 0 amide bonds. The molecule has 0 radical (unpaired) electrons. The second kappa shape index (κ2) is 13.0. The van der Waals surface area contributed by atoms with Crippen LogP contribution in [0.1, 0.15) is 31.5 Å². The van der Waals surface area contributed by atoms with Gasteiger partial charge in [0, 0.05) is 48.5 Å². The lowest BCUT2D eigenvalue weighted by Gasteiger charge is -1.99. The highest BCUT2D eigenvalue weighted by molar-refractivity contribution is 6.03. The maximum atomic E-state index is 13.0. The number of carboxylic acids is 1. The van der Waals surface area contributed by atoms with Gasteiger partial charge in [-0.1, -0.05) is 0 Å². The minimum absolute atomic E-state index is 0.0288. The van der Waals surface area contributed by atoms with Gasteiger partial charge in [0.15, 0.2) is 52.0 Å². The van der Waals surface area contributed by atoms with Crippen LogP contribution in [-0.4, -0.2) is 67.0 Å². The first kappa shape index (κ1) is 33.0. The van der Waals surface area contributed by atoms with E-state index in [2.05, 4.69) is 29.9 Å². The number of carbonyl (C=O) groups is 3. The lowest BCUT2D eigenvalue weighted by molar-refractivity contribution is 0.0583. The van der Waals surface area contributed by atoms with Gasteiger partial charge in [-0.05, 0) is 18.2 Å². The number of halogens is 6. The standard InChI is InChI=1S/2C10H8F2N2O2.C8H4F2N2O2/c1-14-8-4-7(12)6(11)3-5(8)9(13-14)10(15)16-2;1-14-9(10(15)16-2)5-3-6(11)7(12)4-8(5)13-14;9-4-1-3-6(2-5(4)10)11-12-7(3)8(13)14/h2*3-4H,1-2H3;1-2H,(H,11,12)(H,13,14). The van der Waals surface area contributed by atoms with Gasteiger partial charge in [0.2, 0.25) is 0 Å². The number of aromatic amines is 1. The first-order chi connectivity index (χ1) is 21.7. The van der Waals surface area contributed by atoms with Crippen LogP contribution in [0.4, 0.5) is 26.3 Å². The average molecular weight is 650 g/mol. The van der Waals surface area contributed by atoms with E-state index in [1.807, 2.05) is 0 Å². The third-order valence-electron chi connectivity index (χ3n) is 6.33. The van der Waals surface area contributed by atoms with Crippen LogP contribution in [0.3, 0.4) is 0 Å². The van der Waals surface area contributed by atoms with Crippen LogP contribution in [0, 0.1) is 34.9 Å². The topological polar surface area (TPSA) is 154 Å². The SMILES string of the molecule is COC(=O)c1c2cc(F)c(F)cc2nn1C.COC(=O)c1nn(C)c2cc(F)c(F)cc12.O=C(O)c1n[nH]c2cc(F)c(F)cc12. The molecule has 46 heavy (non-hydrogen) atoms. The van der Waals surface area contributed by atoms with Crippen LogP contribution < -0.4 is 0 Å². The zero-order valence-electron chi connectivity index (χ0n) is 24.0. The van der Waals surface area contributed by atoms with Gasteiger partial charge in [0.1, 0.15) is 0 Å². The summed E-state index contributed by atoms with van der Waals surface area (Å²) in [6.45, 7) is 0. The van der Waals surface area contributed by atoms with E-state index < -0.39 is 52.8 Å². The molecule has 0 fully saturated rings. The van der Waals surface area contributed by atoms with Crippen molar-refractivity contribution in [2.45, 2.75) is 0 Å². The van der Waals surface area contributed by atoms with E-state index in [0.29, 0.717) is 5.52 Å². The summed E-state index contributed by atoms with van der Waals surface area (Å²) >= 11 is 0. The minimum Gasteiger partial charge on any atom is -0.476 e. The number of rotatable bonds is 3. The Morgan fingerprint density at radius 1 is 0.674 bits per heavy atom. The molecule has 240 valence electrons. The van der Waals surface area contributed by atoms with Crippen LogP contribution >= 0.6 is 0 Å². The van der Waals surface area contributed by atoms with Gasteiger partial charge < -0.3 is 14.6 Å². The monoisotopic (exact) mass is 650 g/mol. The normalized spacial score (nSPS) is 10.7. The Balaban J connectivity index is 0.000000157. The minimum atomic E-state index is -1.29. The lowest BCUT2D eigenvalue weighted by atomic mass is 10.2. The van der Waals surface area contributed by atoms with Gasteiger partial charge >= 0.3 is 17.9 Å². The molecule has 0 saturated heterocycles. The molecule has 6 aromatic rings. The van der Waals surface area contributed by atoms with Crippen molar-refractivity contribution in [2.24, 2.45) is 14.1 Å². The summed E-state index contributed by atoms with van der Waals surface area (Å²) in [5, 5.41) is 22.6. The van der Waals surface area contributed by atoms with E-state index in [4.69, 9.17) is 5.11 Å². The first-order valence-corrected chi connectivity index (χ1v) is 12.5. The van der Waals surface area contributed by atoms with E-state index in [1.165, 1.54) is 37.7 Å². The number of nitrogens with one attached hydrogen (secondary N) is 1. The molecule has 0 aliphatic heterocycles. The number of hydrogen-bond donors (Lipinski definition) is 2. The number of methoxy groups -OCH3 is 2. The second-order valence-corrected chi connectivity index (χ2v) is 9.18. The summed E-state index contributed by atoms with van der Waals surface area (Å²) in [7, 11) is 5.44. The Bertz CT molecular complexity index is 2150. The van der Waals surface area contributed by atoms with Crippen LogP contribution in [0.25, 0.3) is 32.7 Å². The number of carbonyl (C=O) groups excluding carboxylic acids is 2. The quantitative estimate of drug-likeness (QED) is 0.203. The number of nitrogens with zero attached hydrogens (tertiary/aromatic N) is 5. The maximum Gasteiger partial charge on any atom is 0.359 e. The predicted molar refractivity (Wildman–Crippen MR) is 147 cm³/mol. The molecule has 0 spiro atoms. The Morgan fingerprint density at radius 3 is 1.78 bits per heavy atom. The van der Waals surface area contributed by atoms with E-state index in [1.54, 1.807) is 0 Å². The number of aryl methyl sites for hydroxylation is 2. The van der Waals surface area contributed by atoms with E-state index in [-0.39, 0.29) is 44.3 Å². The third-order valence-corrected chi connectivity index (χ3v) is 6.33. The molecule has 3 heterocycles. The predicted octanol–water partition coefficient (Wildman–Crippen LogP) is 4.82. The zero-order chi connectivity index (χ0) is 34.0. The Kier molecular flexibility index (Phi) is 9.29. The Morgan fingerprint density at radius 2 is 1.20 bits per heavy atom. The number of ether oxygens (including phenoxy) is 2. The molecule has 0 unspecified atom stereocenters. The number of esters is 2. The van der Waals surface area contributed by atoms with E-state index in [0.717, 1.165) is 36.4 Å². The molecule has 0 aliphatic rings. The molecule has 18 heteroatoms. The summed E-state index contributed by atoms with van der Waals surface area (Å²) in [6.07, 6.45) is 0. The fourth-order valence-corrected chi connectivity index (χ4v) is 4.21. The molecule has 2 N–H and O–H groups in total. The highest BCUT2D eigenvalue weighted by Crippen LogP contribution is 2.23. The summed E-state index contributed by atoms with van der Waals surface area (Å²) in [5.41, 5.74) is 0.441. The number of aromatic nitrogens is 6.